The number of amides is 2. The zero-order valence-electron chi connectivity index (χ0n) is 11.7. The quantitative estimate of drug-likeness (QED) is 0.717. The summed E-state index contributed by atoms with van der Waals surface area (Å²) >= 11 is 0. The lowest BCUT2D eigenvalue weighted by Gasteiger charge is -2.36. The fourth-order valence-corrected chi connectivity index (χ4v) is 2.06. The summed E-state index contributed by atoms with van der Waals surface area (Å²) in [6.07, 6.45) is 2.58. The fraction of sp³-hybridized carbons (Fsp3) is 0.846. The molecule has 1 aliphatic rings. The van der Waals surface area contributed by atoms with Crippen LogP contribution < -0.4 is 5.32 Å². The van der Waals surface area contributed by atoms with Crippen molar-refractivity contribution in [3.05, 3.63) is 0 Å². The molecule has 1 fully saturated rings. The predicted molar refractivity (Wildman–Crippen MR) is 71.1 cm³/mol. The van der Waals surface area contributed by atoms with Gasteiger partial charge in [0.05, 0.1) is 18.8 Å². The number of carbonyl (C=O) groups is 2. The minimum absolute atomic E-state index is 0.0547. The summed E-state index contributed by atoms with van der Waals surface area (Å²) in [5.74, 6) is -0.764. The van der Waals surface area contributed by atoms with E-state index >= 15 is 0 Å². The fourth-order valence-electron chi connectivity index (χ4n) is 2.06. The van der Waals surface area contributed by atoms with Crippen LogP contribution >= 0.6 is 0 Å². The van der Waals surface area contributed by atoms with Crippen molar-refractivity contribution in [2.24, 2.45) is 0 Å². The number of ether oxygens (including phenoxy) is 1. The molecule has 2 amide bonds. The Balaban J connectivity index is 2.14. The van der Waals surface area contributed by atoms with Gasteiger partial charge in [-0.2, -0.15) is 0 Å². The van der Waals surface area contributed by atoms with E-state index in [-0.39, 0.29) is 24.6 Å². The van der Waals surface area contributed by atoms with Crippen LogP contribution in [0.2, 0.25) is 0 Å². The first-order chi connectivity index (χ1) is 9.00. The Hall–Kier alpha value is -1.30. The molecule has 6 nitrogen and oxygen atoms in total. The summed E-state index contributed by atoms with van der Waals surface area (Å²) in [5, 5.41) is 11.4. The van der Waals surface area contributed by atoms with Crippen LogP contribution in [-0.4, -0.2) is 53.8 Å². The van der Waals surface area contributed by atoms with E-state index in [9.17, 15) is 9.59 Å². The van der Waals surface area contributed by atoms with Crippen LogP contribution in [-0.2, 0) is 9.53 Å². The minimum Gasteiger partial charge on any atom is -0.481 e. The van der Waals surface area contributed by atoms with Crippen molar-refractivity contribution in [1.82, 2.24) is 10.2 Å². The molecule has 0 spiro atoms. The van der Waals surface area contributed by atoms with E-state index in [2.05, 4.69) is 5.32 Å². The summed E-state index contributed by atoms with van der Waals surface area (Å²) in [6.45, 7) is 5.71. The molecule has 19 heavy (non-hydrogen) atoms. The summed E-state index contributed by atoms with van der Waals surface area (Å²) in [4.78, 5) is 24.1. The lowest BCUT2D eigenvalue weighted by molar-refractivity contribution is -0.137. The van der Waals surface area contributed by atoms with Gasteiger partial charge in [-0.25, -0.2) is 4.79 Å². The Labute approximate surface area is 114 Å². The van der Waals surface area contributed by atoms with Crippen molar-refractivity contribution < 1.29 is 19.4 Å². The third-order valence-corrected chi connectivity index (χ3v) is 3.21. The highest BCUT2D eigenvalue weighted by atomic mass is 16.5. The van der Waals surface area contributed by atoms with Gasteiger partial charge in [0.25, 0.3) is 0 Å². The first-order valence-electron chi connectivity index (χ1n) is 6.88. The van der Waals surface area contributed by atoms with Crippen molar-refractivity contribution >= 4 is 12.0 Å². The largest absolute Gasteiger partial charge is 0.481 e. The van der Waals surface area contributed by atoms with Crippen LogP contribution in [0.15, 0.2) is 0 Å². The van der Waals surface area contributed by atoms with Crippen molar-refractivity contribution in [2.75, 3.05) is 19.7 Å². The molecule has 0 bridgehead atoms. The topological polar surface area (TPSA) is 78.9 Å². The molecular weight excluding hydrogens is 248 g/mol. The second-order valence-electron chi connectivity index (χ2n) is 5.08. The highest BCUT2D eigenvalue weighted by Gasteiger charge is 2.26. The van der Waals surface area contributed by atoms with E-state index < -0.39 is 5.97 Å². The van der Waals surface area contributed by atoms with Crippen LogP contribution in [0.4, 0.5) is 4.79 Å². The molecule has 1 saturated heterocycles. The number of nitrogens with zero attached hydrogens (tertiary/aromatic N) is 1. The summed E-state index contributed by atoms with van der Waals surface area (Å²) < 4.78 is 5.47. The van der Waals surface area contributed by atoms with E-state index in [4.69, 9.17) is 9.84 Å². The second kappa shape index (κ2) is 7.99. The number of unbranched alkanes of at least 4 members (excludes halogenated alkanes) is 2. The molecule has 6 heteroatoms. The van der Waals surface area contributed by atoms with Gasteiger partial charge >= 0.3 is 12.0 Å². The smallest absolute Gasteiger partial charge is 0.317 e. The van der Waals surface area contributed by atoms with E-state index in [0.29, 0.717) is 26.1 Å². The molecule has 0 aromatic rings. The van der Waals surface area contributed by atoms with Crippen LogP contribution in [0.5, 0.6) is 0 Å². The van der Waals surface area contributed by atoms with Gasteiger partial charge in [0.15, 0.2) is 0 Å². The maximum absolute atomic E-state index is 12.0. The molecule has 2 unspecified atom stereocenters. The molecule has 0 saturated carbocycles. The number of carboxylic acid groups (broad SMARTS) is 1. The molecule has 110 valence electrons. The molecular formula is C13H24N2O4. The Kier molecular flexibility index (Phi) is 6.62. The van der Waals surface area contributed by atoms with Gasteiger partial charge in [-0.05, 0) is 26.7 Å². The van der Waals surface area contributed by atoms with Crippen molar-refractivity contribution in [2.45, 2.75) is 51.7 Å². The predicted octanol–water partition coefficient (Wildman–Crippen LogP) is 1.45. The Morgan fingerprint density at radius 1 is 1.32 bits per heavy atom. The zero-order valence-corrected chi connectivity index (χ0v) is 11.7. The molecule has 2 N–H and O–H groups in total. The van der Waals surface area contributed by atoms with Crippen LogP contribution in [0.25, 0.3) is 0 Å². The molecule has 1 rings (SSSR count). The normalized spacial score (nSPS) is 23.2. The van der Waals surface area contributed by atoms with Crippen LogP contribution in [0.3, 0.4) is 0 Å². The third kappa shape index (κ3) is 5.92. The zero-order chi connectivity index (χ0) is 14.3. The third-order valence-electron chi connectivity index (χ3n) is 3.21. The van der Waals surface area contributed by atoms with E-state index in [1.54, 1.807) is 4.90 Å². The van der Waals surface area contributed by atoms with Crippen LogP contribution in [0.1, 0.15) is 39.5 Å². The molecule has 0 aliphatic carbocycles. The number of hydrogen-bond donors (Lipinski definition) is 2. The van der Waals surface area contributed by atoms with Gasteiger partial charge in [0, 0.05) is 19.5 Å². The standard InChI is InChI=1S/C13H24N2O4/c1-10-9-19-11(2)8-15(10)13(18)14-7-5-3-4-6-12(16)17/h10-11H,3-9H2,1-2H3,(H,14,18)(H,16,17). The van der Waals surface area contributed by atoms with Gasteiger partial charge in [-0.1, -0.05) is 6.42 Å². The lowest BCUT2D eigenvalue weighted by atomic mass is 10.2. The van der Waals surface area contributed by atoms with Gasteiger partial charge in [0.1, 0.15) is 0 Å². The second-order valence-corrected chi connectivity index (χ2v) is 5.08. The van der Waals surface area contributed by atoms with Crippen LogP contribution in [0, 0.1) is 0 Å². The number of carboxylic acids is 1. The number of morpholine rings is 1. The maximum atomic E-state index is 12.0. The van der Waals surface area contributed by atoms with Gasteiger partial charge < -0.3 is 20.1 Å². The summed E-state index contributed by atoms with van der Waals surface area (Å²) in [6, 6.07) is 0.0455. The Morgan fingerprint density at radius 3 is 2.74 bits per heavy atom. The molecule has 0 aromatic heterocycles. The number of urea groups is 1. The lowest BCUT2D eigenvalue weighted by Crippen LogP contribution is -2.53. The van der Waals surface area contributed by atoms with Crippen molar-refractivity contribution in [3.63, 3.8) is 0 Å². The number of carbonyl (C=O) groups excluding carboxylic acids is 1. The maximum Gasteiger partial charge on any atom is 0.317 e. The molecule has 1 aliphatic heterocycles. The van der Waals surface area contributed by atoms with Gasteiger partial charge in [-0.3, -0.25) is 4.79 Å². The molecule has 0 aromatic carbocycles. The number of nitrogens with one attached hydrogen (secondary N) is 1. The summed E-state index contributed by atoms with van der Waals surface area (Å²) in [5.41, 5.74) is 0. The van der Waals surface area contributed by atoms with E-state index in [1.165, 1.54) is 0 Å². The Morgan fingerprint density at radius 2 is 2.05 bits per heavy atom. The minimum atomic E-state index is -0.764. The number of aliphatic carboxylic acids is 1. The summed E-state index contributed by atoms with van der Waals surface area (Å²) in [7, 11) is 0. The molecule has 2 atom stereocenters. The monoisotopic (exact) mass is 272 g/mol. The highest BCUT2D eigenvalue weighted by molar-refractivity contribution is 5.74. The highest BCUT2D eigenvalue weighted by Crippen LogP contribution is 2.11. The average molecular weight is 272 g/mol. The van der Waals surface area contributed by atoms with E-state index in [0.717, 1.165) is 12.8 Å². The first kappa shape index (κ1) is 15.8. The van der Waals surface area contributed by atoms with Crippen molar-refractivity contribution in [1.29, 1.82) is 0 Å². The number of hydrogen-bond acceptors (Lipinski definition) is 3. The van der Waals surface area contributed by atoms with Gasteiger partial charge in [0.2, 0.25) is 0 Å². The van der Waals surface area contributed by atoms with E-state index in [1.807, 2.05) is 13.8 Å². The Bertz CT molecular complexity index is 309. The first-order valence-corrected chi connectivity index (χ1v) is 6.88. The van der Waals surface area contributed by atoms with Gasteiger partial charge in [-0.15, -0.1) is 0 Å². The average Bonchev–Trinajstić information content (AvgIpc) is 2.36. The van der Waals surface area contributed by atoms with Crippen molar-refractivity contribution in [3.8, 4) is 0 Å². The molecule has 1 heterocycles. The number of rotatable bonds is 6. The molecule has 0 radical (unpaired) electrons. The SMILES string of the molecule is CC1CN(C(=O)NCCCCCC(=O)O)C(C)CO1.